The second-order valence-electron chi connectivity index (χ2n) is 7.05. The number of carboxylic acid groups (broad SMARTS) is 1. The van der Waals surface area contributed by atoms with Crippen LogP contribution in [0.1, 0.15) is 33.6 Å². The molecule has 2 aromatic carbocycles. The number of carboxylic acids is 1. The summed E-state index contributed by atoms with van der Waals surface area (Å²) in [5.41, 5.74) is 1.40. The second kappa shape index (κ2) is 7.35. The van der Waals surface area contributed by atoms with Crippen molar-refractivity contribution in [2.75, 3.05) is 10.2 Å². The highest BCUT2D eigenvalue weighted by Crippen LogP contribution is 2.37. The minimum atomic E-state index is -1.04. The molecule has 2 aliphatic rings. The van der Waals surface area contributed by atoms with Crippen LogP contribution in [0.15, 0.2) is 60.7 Å². The molecule has 0 unspecified atom stereocenters. The van der Waals surface area contributed by atoms with E-state index in [0.29, 0.717) is 29.8 Å². The van der Waals surface area contributed by atoms with Gasteiger partial charge in [-0.25, -0.2) is 4.79 Å². The van der Waals surface area contributed by atoms with E-state index in [1.807, 2.05) is 12.2 Å². The average molecular weight is 390 g/mol. The molecule has 1 saturated heterocycles. The molecular weight excluding hydrogens is 372 g/mol. The number of carbonyl (C=O) groups excluding carboxylic acids is 3. The van der Waals surface area contributed by atoms with Gasteiger partial charge in [-0.15, -0.1) is 0 Å². The SMILES string of the molecule is O=C(O)c1ccc(NC(=O)c2ccc(N3C(=O)[C@H]4CC=CC[C@H]4C3=O)cc2)cc1. The maximum atomic E-state index is 12.6. The Morgan fingerprint density at radius 2 is 1.34 bits per heavy atom. The molecule has 7 nitrogen and oxygen atoms in total. The van der Waals surface area contributed by atoms with Crippen LogP contribution >= 0.6 is 0 Å². The summed E-state index contributed by atoms with van der Waals surface area (Å²) in [6, 6.07) is 12.1. The standard InChI is InChI=1S/C22H18N2O5/c25-19(23-15-9-5-14(6-10-15)22(28)29)13-7-11-16(12-8-13)24-20(26)17-3-1-2-4-18(17)21(24)27/h1-2,5-12,17-18H,3-4H2,(H,23,25)(H,28,29)/t17-,18+. The number of anilines is 2. The fraction of sp³-hybridized carbons (Fsp3) is 0.182. The van der Waals surface area contributed by atoms with Crippen LogP contribution in [-0.2, 0) is 9.59 Å². The first-order valence-electron chi connectivity index (χ1n) is 9.23. The molecule has 1 heterocycles. The van der Waals surface area contributed by atoms with E-state index in [2.05, 4.69) is 5.32 Å². The van der Waals surface area contributed by atoms with Gasteiger partial charge in [0.15, 0.2) is 0 Å². The zero-order valence-electron chi connectivity index (χ0n) is 15.4. The zero-order valence-corrected chi connectivity index (χ0v) is 15.4. The van der Waals surface area contributed by atoms with Crippen molar-refractivity contribution in [1.29, 1.82) is 0 Å². The molecule has 0 spiro atoms. The maximum Gasteiger partial charge on any atom is 0.335 e. The Kier molecular flexibility index (Phi) is 4.72. The highest BCUT2D eigenvalue weighted by atomic mass is 16.4. The van der Waals surface area contributed by atoms with Crippen molar-refractivity contribution < 1.29 is 24.3 Å². The van der Waals surface area contributed by atoms with E-state index in [9.17, 15) is 19.2 Å². The highest BCUT2D eigenvalue weighted by molar-refractivity contribution is 6.22. The Bertz CT molecular complexity index is 998. The fourth-order valence-corrected chi connectivity index (χ4v) is 3.72. The van der Waals surface area contributed by atoms with Gasteiger partial charge in [-0.05, 0) is 61.4 Å². The van der Waals surface area contributed by atoms with Crippen LogP contribution < -0.4 is 10.2 Å². The van der Waals surface area contributed by atoms with Crippen LogP contribution in [0.3, 0.4) is 0 Å². The summed E-state index contributed by atoms with van der Waals surface area (Å²) in [7, 11) is 0. The Morgan fingerprint density at radius 1 is 0.828 bits per heavy atom. The molecule has 4 rings (SSSR count). The molecule has 0 bridgehead atoms. The Morgan fingerprint density at radius 3 is 1.86 bits per heavy atom. The number of imide groups is 1. The van der Waals surface area contributed by atoms with E-state index in [0.717, 1.165) is 0 Å². The monoisotopic (exact) mass is 390 g/mol. The predicted molar refractivity (Wildman–Crippen MR) is 106 cm³/mol. The third-order valence-corrected chi connectivity index (χ3v) is 5.28. The largest absolute Gasteiger partial charge is 0.478 e. The number of nitrogens with one attached hydrogen (secondary N) is 1. The minimum Gasteiger partial charge on any atom is -0.478 e. The van der Waals surface area contributed by atoms with Gasteiger partial charge in [-0.2, -0.15) is 0 Å². The Hall–Kier alpha value is -3.74. The number of hydrogen-bond acceptors (Lipinski definition) is 4. The number of nitrogens with zero attached hydrogens (tertiary/aromatic N) is 1. The molecule has 0 saturated carbocycles. The average Bonchev–Trinajstić information content (AvgIpc) is 2.99. The van der Waals surface area contributed by atoms with Crippen LogP contribution in [0, 0.1) is 11.8 Å². The van der Waals surface area contributed by atoms with Gasteiger partial charge in [0.05, 0.1) is 23.1 Å². The Labute approximate surface area is 166 Å². The summed E-state index contributed by atoms with van der Waals surface area (Å²) in [4.78, 5) is 49.8. The molecule has 0 aromatic heterocycles. The number of carbonyl (C=O) groups is 4. The first-order chi connectivity index (χ1) is 14.0. The summed E-state index contributed by atoms with van der Waals surface area (Å²) >= 11 is 0. The molecule has 2 N–H and O–H groups in total. The van der Waals surface area contributed by atoms with Gasteiger partial charge in [0.25, 0.3) is 5.91 Å². The van der Waals surface area contributed by atoms with Gasteiger partial charge in [0, 0.05) is 11.3 Å². The van der Waals surface area contributed by atoms with Crippen LogP contribution in [-0.4, -0.2) is 28.8 Å². The number of fused-ring (bicyclic) bond motifs is 1. The van der Waals surface area contributed by atoms with Gasteiger partial charge < -0.3 is 10.4 Å². The van der Waals surface area contributed by atoms with E-state index in [4.69, 9.17) is 5.11 Å². The lowest BCUT2D eigenvalue weighted by atomic mass is 9.85. The summed E-state index contributed by atoms with van der Waals surface area (Å²) in [5, 5.41) is 11.6. The van der Waals surface area contributed by atoms with Crippen molar-refractivity contribution in [2.45, 2.75) is 12.8 Å². The van der Waals surface area contributed by atoms with Crippen molar-refractivity contribution in [1.82, 2.24) is 0 Å². The number of rotatable bonds is 4. The van der Waals surface area contributed by atoms with E-state index < -0.39 is 5.97 Å². The smallest absolute Gasteiger partial charge is 0.335 e. The van der Waals surface area contributed by atoms with Crippen LogP contribution in [0.2, 0.25) is 0 Å². The molecular formula is C22H18N2O5. The first kappa shape index (κ1) is 18.6. The number of hydrogen-bond donors (Lipinski definition) is 2. The van der Waals surface area contributed by atoms with Crippen molar-refractivity contribution >= 4 is 35.1 Å². The molecule has 29 heavy (non-hydrogen) atoms. The minimum absolute atomic E-state index is 0.128. The van der Waals surface area contributed by atoms with Crippen molar-refractivity contribution in [3.05, 3.63) is 71.8 Å². The van der Waals surface area contributed by atoms with Crippen molar-refractivity contribution in [3.8, 4) is 0 Å². The number of allylic oxidation sites excluding steroid dienone is 2. The van der Waals surface area contributed by atoms with Gasteiger partial charge >= 0.3 is 5.97 Å². The lowest BCUT2D eigenvalue weighted by Crippen LogP contribution is -2.30. The lowest BCUT2D eigenvalue weighted by molar-refractivity contribution is -0.122. The Balaban J connectivity index is 1.47. The number of benzene rings is 2. The van der Waals surface area contributed by atoms with E-state index in [1.165, 1.54) is 29.2 Å². The van der Waals surface area contributed by atoms with Gasteiger partial charge in [-0.3, -0.25) is 19.3 Å². The predicted octanol–water partition coefficient (Wildman–Crippen LogP) is 3.09. The van der Waals surface area contributed by atoms with E-state index in [-0.39, 0.29) is 35.1 Å². The molecule has 1 aliphatic carbocycles. The molecule has 3 amide bonds. The normalized spacial score (nSPS) is 20.5. The summed E-state index contributed by atoms with van der Waals surface area (Å²) < 4.78 is 0. The summed E-state index contributed by atoms with van der Waals surface area (Å²) in [5.74, 6) is -2.41. The molecule has 2 atom stereocenters. The zero-order chi connectivity index (χ0) is 20.5. The van der Waals surface area contributed by atoms with Crippen LogP contribution in [0.5, 0.6) is 0 Å². The summed E-state index contributed by atoms with van der Waals surface area (Å²) in [6.45, 7) is 0. The lowest BCUT2D eigenvalue weighted by Gasteiger charge is -2.15. The van der Waals surface area contributed by atoms with E-state index >= 15 is 0 Å². The molecule has 2 aromatic rings. The molecule has 0 radical (unpaired) electrons. The third kappa shape index (κ3) is 3.42. The summed E-state index contributed by atoms with van der Waals surface area (Å²) in [6.07, 6.45) is 5.03. The first-order valence-corrected chi connectivity index (χ1v) is 9.23. The van der Waals surface area contributed by atoms with Gasteiger partial charge in [0.2, 0.25) is 11.8 Å². The topological polar surface area (TPSA) is 104 Å². The van der Waals surface area contributed by atoms with Crippen molar-refractivity contribution in [2.24, 2.45) is 11.8 Å². The quantitative estimate of drug-likeness (QED) is 0.617. The highest BCUT2D eigenvalue weighted by Gasteiger charge is 2.47. The van der Waals surface area contributed by atoms with Crippen LogP contribution in [0.25, 0.3) is 0 Å². The third-order valence-electron chi connectivity index (χ3n) is 5.28. The number of aromatic carboxylic acids is 1. The molecule has 1 fully saturated rings. The molecule has 1 aliphatic heterocycles. The van der Waals surface area contributed by atoms with Gasteiger partial charge in [0.1, 0.15) is 0 Å². The van der Waals surface area contributed by atoms with Crippen molar-refractivity contribution in [3.63, 3.8) is 0 Å². The molecule has 146 valence electrons. The molecule has 7 heteroatoms. The number of amides is 3. The fourth-order valence-electron chi connectivity index (χ4n) is 3.72. The van der Waals surface area contributed by atoms with Crippen LogP contribution in [0.4, 0.5) is 11.4 Å². The van der Waals surface area contributed by atoms with Gasteiger partial charge in [-0.1, -0.05) is 12.2 Å². The van der Waals surface area contributed by atoms with E-state index in [1.54, 1.807) is 24.3 Å². The second-order valence-corrected chi connectivity index (χ2v) is 7.05. The maximum absolute atomic E-state index is 12.6.